The van der Waals surface area contributed by atoms with Crippen LogP contribution in [0.25, 0.3) is 0 Å². The minimum absolute atomic E-state index is 0.00685. The van der Waals surface area contributed by atoms with Gasteiger partial charge in [0, 0.05) is 16.8 Å². The number of methoxy groups -OCH3 is 1. The lowest BCUT2D eigenvalue weighted by Gasteiger charge is -2.19. The lowest BCUT2D eigenvalue weighted by Crippen LogP contribution is -2.16. The van der Waals surface area contributed by atoms with Gasteiger partial charge in [0.15, 0.2) is 17.3 Å². The van der Waals surface area contributed by atoms with Gasteiger partial charge in [0.2, 0.25) is 0 Å². The molecule has 0 unspecified atom stereocenters. The van der Waals surface area contributed by atoms with E-state index in [-0.39, 0.29) is 17.8 Å². The summed E-state index contributed by atoms with van der Waals surface area (Å²) in [4.78, 5) is 24.0. The quantitative estimate of drug-likeness (QED) is 0.616. The number of hydrogen-bond acceptors (Lipinski definition) is 4. The molecule has 0 radical (unpaired) electrons. The van der Waals surface area contributed by atoms with Crippen molar-refractivity contribution in [3.8, 4) is 11.5 Å². The molecule has 0 aromatic heterocycles. The number of Topliss-reactive ketones (excluding diaryl/α,β-unsaturated/α-hetero) is 1. The van der Waals surface area contributed by atoms with Crippen LogP contribution >= 0.6 is 11.6 Å². The molecule has 0 saturated heterocycles. The molecule has 2 aromatic carbocycles. The summed E-state index contributed by atoms with van der Waals surface area (Å²) in [7, 11) is 1.51. The first-order valence-corrected chi connectivity index (χ1v) is 9.23. The largest absolute Gasteiger partial charge is 0.491 e. The number of carbonyl (C=O) groups excluding carboxylic acids is 2. The van der Waals surface area contributed by atoms with Crippen LogP contribution in [0.4, 0.5) is 5.69 Å². The molecule has 6 heteroatoms. The molecule has 2 rings (SSSR count). The number of nitrogens with one attached hydrogen (secondary N) is 1. The monoisotopic (exact) mass is 389 g/mol. The van der Waals surface area contributed by atoms with Crippen LogP contribution in [0.15, 0.2) is 36.4 Å². The molecule has 0 spiro atoms. The zero-order chi connectivity index (χ0) is 20.0. The number of hydrogen-bond donors (Lipinski definition) is 1. The molecule has 0 saturated carbocycles. The first-order valence-electron chi connectivity index (χ1n) is 8.86. The van der Waals surface area contributed by atoms with E-state index in [4.69, 9.17) is 21.1 Å². The Labute approximate surface area is 164 Å². The number of rotatable bonds is 8. The summed E-state index contributed by atoms with van der Waals surface area (Å²) in [5.74, 6) is 0.490. The third kappa shape index (κ3) is 5.23. The highest BCUT2D eigenvalue weighted by Crippen LogP contribution is 2.37. The predicted molar refractivity (Wildman–Crippen MR) is 107 cm³/mol. The summed E-state index contributed by atoms with van der Waals surface area (Å²) in [6, 6.07) is 9.87. The Hall–Kier alpha value is -2.53. The highest BCUT2D eigenvalue weighted by atomic mass is 35.5. The average molecular weight is 390 g/mol. The summed E-state index contributed by atoms with van der Waals surface area (Å²) in [5.41, 5.74) is 1.53. The minimum Gasteiger partial charge on any atom is -0.491 e. The number of amides is 1. The van der Waals surface area contributed by atoms with Crippen molar-refractivity contribution in [3.05, 3.63) is 52.5 Å². The molecule has 1 N–H and O–H groups in total. The second-order valence-electron chi connectivity index (χ2n) is 6.13. The number of carbonyl (C=O) groups is 2. The topological polar surface area (TPSA) is 64.6 Å². The molecule has 2 aromatic rings. The van der Waals surface area contributed by atoms with Crippen LogP contribution in [0, 0.1) is 0 Å². The number of anilines is 1. The first-order chi connectivity index (χ1) is 12.9. The Morgan fingerprint density at radius 3 is 2.22 bits per heavy atom. The van der Waals surface area contributed by atoms with Gasteiger partial charge in [0.05, 0.1) is 18.2 Å². The SMILES string of the molecule is CCC(CC)Oc1cc(C(=O)Nc2ccc(C(C)=O)cc2)cc(Cl)c1OC. The summed E-state index contributed by atoms with van der Waals surface area (Å²) < 4.78 is 11.3. The van der Waals surface area contributed by atoms with Gasteiger partial charge >= 0.3 is 0 Å². The Balaban J connectivity index is 2.27. The van der Waals surface area contributed by atoms with E-state index in [1.54, 1.807) is 36.4 Å². The summed E-state index contributed by atoms with van der Waals surface area (Å²) >= 11 is 6.28. The Bertz CT molecular complexity index is 814. The molecule has 0 heterocycles. The molecule has 0 aliphatic carbocycles. The fourth-order valence-corrected chi connectivity index (χ4v) is 2.90. The van der Waals surface area contributed by atoms with Gasteiger partial charge in [-0.1, -0.05) is 25.4 Å². The third-order valence-electron chi connectivity index (χ3n) is 4.23. The maximum absolute atomic E-state index is 12.6. The molecule has 0 aliphatic heterocycles. The number of ketones is 1. The first kappa shape index (κ1) is 20.8. The molecular formula is C21H24ClNO4. The maximum atomic E-state index is 12.6. The van der Waals surface area contributed by atoms with E-state index in [9.17, 15) is 9.59 Å². The molecule has 0 fully saturated rings. The number of halogens is 1. The van der Waals surface area contributed by atoms with Crippen molar-refractivity contribution in [1.29, 1.82) is 0 Å². The Morgan fingerprint density at radius 2 is 1.70 bits per heavy atom. The van der Waals surface area contributed by atoms with E-state index in [0.717, 1.165) is 12.8 Å². The second-order valence-corrected chi connectivity index (χ2v) is 6.54. The molecule has 0 atom stereocenters. The fourth-order valence-electron chi connectivity index (χ4n) is 2.61. The zero-order valence-electron chi connectivity index (χ0n) is 16.0. The molecule has 1 amide bonds. The highest BCUT2D eigenvalue weighted by Gasteiger charge is 2.18. The Kier molecular flexibility index (Phi) is 7.25. The number of ether oxygens (including phenoxy) is 2. The van der Waals surface area contributed by atoms with E-state index >= 15 is 0 Å². The van der Waals surface area contributed by atoms with Crippen LogP contribution in [-0.4, -0.2) is 24.9 Å². The van der Waals surface area contributed by atoms with Crippen LogP contribution < -0.4 is 14.8 Å². The minimum atomic E-state index is -0.329. The van der Waals surface area contributed by atoms with Crippen LogP contribution in [-0.2, 0) is 0 Å². The second kappa shape index (κ2) is 9.42. The standard InChI is InChI=1S/C21H24ClNO4/c1-5-17(6-2)27-19-12-15(11-18(22)20(19)26-4)21(25)23-16-9-7-14(8-10-16)13(3)24/h7-12,17H,5-6H2,1-4H3,(H,23,25). The Morgan fingerprint density at radius 1 is 1.07 bits per heavy atom. The molecule has 5 nitrogen and oxygen atoms in total. The van der Waals surface area contributed by atoms with E-state index in [1.165, 1.54) is 14.0 Å². The average Bonchev–Trinajstić information content (AvgIpc) is 2.66. The fraction of sp³-hybridized carbons (Fsp3) is 0.333. The van der Waals surface area contributed by atoms with Crippen molar-refractivity contribution in [2.45, 2.75) is 39.7 Å². The van der Waals surface area contributed by atoms with Gasteiger partial charge in [-0.05, 0) is 56.2 Å². The van der Waals surface area contributed by atoms with Crippen molar-refractivity contribution >= 4 is 29.0 Å². The number of benzene rings is 2. The summed E-state index contributed by atoms with van der Waals surface area (Å²) in [6.45, 7) is 5.56. The van der Waals surface area contributed by atoms with Gasteiger partial charge in [-0.3, -0.25) is 9.59 Å². The maximum Gasteiger partial charge on any atom is 0.255 e. The molecular weight excluding hydrogens is 366 g/mol. The van der Waals surface area contributed by atoms with Crippen LogP contribution in [0.2, 0.25) is 5.02 Å². The van der Waals surface area contributed by atoms with Crippen LogP contribution in [0.3, 0.4) is 0 Å². The van der Waals surface area contributed by atoms with E-state index in [0.29, 0.717) is 33.3 Å². The third-order valence-corrected chi connectivity index (χ3v) is 4.51. The van der Waals surface area contributed by atoms with Crippen molar-refractivity contribution in [2.75, 3.05) is 12.4 Å². The van der Waals surface area contributed by atoms with Crippen molar-refractivity contribution < 1.29 is 19.1 Å². The zero-order valence-corrected chi connectivity index (χ0v) is 16.7. The molecule has 27 heavy (non-hydrogen) atoms. The van der Waals surface area contributed by atoms with E-state index in [1.807, 2.05) is 13.8 Å². The molecule has 0 bridgehead atoms. The lowest BCUT2D eigenvalue weighted by atomic mass is 10.1. The van der Waals surface area contributed by atoms with E-state index in [2.05, 4.69) is 5.32 Å². The summed E-state index contributed by atoms with van der Waals surface area (Å²) in [5, 5.41) is 3.10. The normalized spacial score (nSPS) is 10.6. The highest BCUT2D eigenvalue weighted by molar-refractivity contribution is 6.32. The van der Waals surface area contributed by atoms with Crippen molar-refractivity contribution in [1.82, 2.24) is 0 Å². The summed E-state index contributed by atoms with van der Waals surface area (Å²) in [6.07, 6.45) is 1.67. The van der Waals surface area contributed by atoms with E-state index < -0.39 is 0 Å². The van der Waals surface area contributed by atoms with Gasteiger partial charge < -0.3 is 14.8 Å². The smallest absolute Gasteiger partial charge is 0.255 e. The van der Waals surface area contributed by atoms with Gasteiger partial charge in [-0.15, -0.1) is 0 Å². The van der Waals surface area contributed by atoms with Crippen molar-refractivity contribution in [2.24, 2.45) is 0 Å². The van der Waals surface area contributed by atoms with Crippen molar-refractivity contribution in [3.63, 3.8) is 0 Å². The van der Waals surface area contributed by atoms with Gasteiger partial charge in [0.1, 0.15) is 0 Å². The predicted octanol–water partition coefficient (Wildman–Crippen LogP) is 5.37. The molecule has 0 aliphatic rings. The van der Waals surface area contributed by atoms with Crippen LogP contribution in [0.5, 0.6) is 11.5 Å². The van der Waals surface area contributed by atoms with Gasteiger partial charge in [-0.25, -0.2) is 0 Å². The van der Waals surface area contributed by atoms with Gasteiger partial charge in [0.25, 0.3) is 5.91 Å². The molecule has 144 valence electrons. The van der Waals surface area contributed by atoms with Crippen LogP contribution in [0.1, 0.15) is 54.3 Å². The lowest BCUT2D eigenvalue weighted by molar-refractivity contribution is 0.101. The van der Waals surface area contributed by atoms with Gasteiger partial charge in [-0.2, -0.15) is 0 Å².